The number of ether oxygens (including phenoxy) is 2. The lowest BCUT2D eigenvalue weighted by Crippen LogP contribution is -2.45. The number of piperidine rings is 1. The van der Waals surface area contributed by atoms with Gasteiger partial charge in [-0.1, -0.05) is 0 Å². The van der Waals surface area contributed by atoms with Crippen molar-refractivity contribution in [3.8, 4) is 0 Å². The monoisotopic (exact) mass is 312 g/mol. The summed E-state index contributed by atoms with van der Waals surface area (Å²) >= 11 is 1.68. The lowest BCUT2D eigenvalue weighted by atomic mass is 10.1. The number of hydrogen-bond donors (Lipinski definition) is 1. The second-order valence-electron chi connectivity index (χ2n) is 5.24. The van der Waals surface area contributed by atoms with Crippen molar-refractivity contribution in [2.24, 2.45) is 0 Å². The molecule has 0 spiro atoms. The third-order valence-electron chi connectivity index (χ3n) is 3.74. The zero-order chi connectivity index (χ0) is 15.1. The molecule has 1 aliphatic rings. The number of likely N-dealkylation sites (tertiary alicyclic amines) is 1. The molecule has 0 radical (unpaired) electrons. The Kier molecular flexibility index (Phi) is 6.48. The number of methoxy groups -OCH3 is 1. The van der Waals surface area contributed by atoms with Crippen LogP contribution in [0.2, 0.25) is 0 Å². The number of carbonyl (C=O) groups is 1. The molecule has 0 unspecified atom stereocenters. The Bertz CT molecular complexity index is 442. The van der Waals surface area contributed by atoms with E-state index in [9.17, 15) is 4.79 Å². The molecule has 1 N–H and O–H groups in total. The molecule has 118 valence electrons. The van der Waals surface area contributed by atoms with Crippen LogP contribution in [0, 0.1) is 6.92 Å². The molecule has 5 nitrogen and oxygen atoms in total. The Hall–Kier alpha value is -1.11. The number of nitrogens with zero attached hydrogens (tertiary/aromatic N) is 1. The molecule has 2 rings (SSSR count). The average Bonchev–Trinajstić information content (AvgIpc) is 2.91. The maximum Gasteiger partial charge on any atom is 0.317 e. The number of thiophene rings is 1. The van der Waals surface area contributed by atoms with Crippen LogP contribution in [0.15, 0.2) is 11.4 Å². The number of nitrogens with one attached hydrogen (secondary N) is 1. The predicted molar refractivity (Wildman–Crippen MR) is 83.7 cm³/mol. The molecule has 1 aliphatic heterocycles. The van der Waals surface area contributed by atoms with Crippen molar-refractivity contribution in [1.82, 2.24) is 10.2 Å². The third kappa shape index (κ3) is 4.98. The van der Waals surface area contributed by atoms with Gasteiger partial charge in [-0.2, -0.15) is 0 Å². The second-order valence-corrected chi connectivity index (χ2v) is 6.24. The molecule has 1 aromatic rings. The molecule has 6 heteroatoms. The van der Waals surface area contributed by atoms with Crippen LogP contribution in [0.5, 0.6) is 0 Å². The summed E-state index contributed by atoms with van der Waals surface area (Å²) in [6.07, 6.45) is 2.05. The molecule has 0 atom stereocenters. The fraction of sp³-hybridized carbons (Fsp3) is 0.667. The number of hydrogen-bond acceptors (Lipinski definition) is 4. The van der Waals surface area contributed by atoms with Gasteiger partial charge in [0.1, 0.15) is 0 Å². The van der Waals surface area contributed by atoms with Crippen LogP contribution < -0.4 is 5.32 Å². The van der Waals surface area contributed by atoms with Gasteiger partial charge in [-0.25, -0.2) is 4.79 Å². The summed E-state index contributed by atoms with van der Waals surface area (Å²) in [5, 5.41) is 5.05. The minimum atomic E-state index is 0.0261. The minimum absolute atomic E-state index is 0.0261. The van der Waals surface area contributed by atoms with Gasteiger partial charge in [0.25, 0.3) is 0 Å². The minimum Gasteiger partial charge on any atom is -0.382 e. The highest BCUT2D eigenvalue weighted by Gasteiger charge is 2.23. The summed E-state index contributed by atoms with van der Waals surface area (Å²) in [4.78, 5) is 15.2. The maximum atomic E-state index is 12.1. The van der Waals surface area contributed by atoms with E-state index in [-0.39, 0.29) is 12.1 Å². The van der Waals surface area contributed by atoms with Gasteiger partial charge in [-0.15, -0.1) is 11.3 Å². The van der Waals surface area contributed by atoms with Crippen molar-refractivity contribution in [1.29, 1.82) is 0 Å². The van der Waals surface area contributed by atoms with Crippen LogP contribution in [0.1, 0.15) is 23.3 Å². The van der Waals surface area contributed by atoms with Crippen LogP contribution in [-0.4, -0.2) is 50.4 Å². The summed E-state index contributed by atoms with van der Waals surface area (Å²) in [5.41, 5.74) is 1.24. The van der Waals surface area contributed by atoms with E-state index in [0.29, 0.717) is 19.8 Å². The SMILES string of the molecule is COCCOC1CCN(C(=O)NCc2sccc2C)CC1. The summed E-state index contributed by atoms with van der Waals surface area (Å²) in [7, 11) is 1.67. The molecule has 1 aromatic heterocycles. The lowest BCUT2D eigenvalue weighted by Gasteiger charge is -2.31. The van der Waals surface area contributed by atoms with Gasteiger partial charge in [0.05, 0.1) is 25.9 Å². The van der Waals surface area contributed by atoms with Crippen molar-refractivity contribution in [3.63, 3.8) is 0 Å². The lowest BCUT2D eigenvalue weighted by molar-refractivity contribution is -0.00920. The van der Waals surface area contributed by atoms with Crippen LogP contribution in [-0.2, 0) is 16.0 Å². The maximum absolute atomic E-state index is 12.1. The number of urea groups is 1. The molecular formula is C15H24N2O3S. The Balaban J connectivity index is 1.67. The number of amides is 2. The van der Waals surface area contributed by atoms with Gasteiger partial charge >= 0.3 is 6.03 Å². The fourth-order valence-corrected chi connectivity index (χ4v) is 3.22. The van der Waals surface area contributed by atoms with E-state index < -0.39 is 0 Å². The Morgan fingerprint density at radius 1 is 1.43 bits per heavy atom. The van der Waals surface area contributed by atoms with E-state index in [1.807, 2.05) is 4.90 Å². The smallest absolute Gasteiger partial charge is 0.317 e. The molecule has 0 aliphatic carbocycles. The summed E-state index contributed by atoms with van der Waals surface area (Å²) < 4.78 is 10.7. The highest BCUT2D eigenvalue weighted by atomic mass is 32.1. The number of rotatable bonds is 6. The van der Waals surface area contributed by atoms with Gasteiger partial charge < -0.3 is 19.7 Å². The average molecular weight is 312 g/mol. The topological polar surface area (TPSA) is 50.8 Å². The second kappa shape index (κ2) is 8.36. The molecule has 0 saturated carbocycles. The summed E-state index contributed by atoms with van der Waals surface area (Å²) in [6, 6.07) is 2.10. The Labute approximate surface area is 130 Å². The number of carbonyl (C=O) groups excluding carboxylic acids is 1. The largest absolute Gasteiger partial charge is 0.382 e. The highest BCUT2D eigenvalue weighted by Crippen LogP contribution is 2.16. The van der Waals surface area contributed by atoms with Crippen molar-refractivity contribution >= 4 is 17.4 Å². The molecule has 1 saturated heterocycles. The van der Waals surface area contributed by atoms with Crippen molar-refractivity contribution in [2.45, 2.75) is 32.4 Å². The standard InChI is InChI=1S/C15H24N2O3S/c1-12-5-10-21-14(12)11-16-15(18)17-6-3-13(4-7-17)20-9-8-19-2/h5,10,13H,3-4,6-9,11H2,1-2H3,(H,16,18). The fourth-order valence-electron chi connectivity index (χ4n) is 2.38. The zero-order valence-electron chi connectivity index (χ0n) is 12.8. The van der Waals surface area contributed by atoms with Gasteiger partial charge in [0, 0.05) is 25.1 Å². The number of aryl methyl sites for hydroxylation is 1. The van der Waals surface area contributed by atoms with Crippen molar-refractivity contribution in [3.05, 3.63) is 21.9 Å². The highest BCUT2D eigenvalue weighted by molar-refractivity contribution is 7.10. The molecule has 21 heavy (non-hydrogen) atoms. The normalized spacial score (nSPS) is 16.2. The molecule has 2 heterocycles. The van der Waals surface area contributed by atoms with Crippen LogP contribution >= 0.6 is 11.3 Å². The van der Waals surface area contributed by atoms with E-state index in [0.717, 1.165) is 25.9 Å². The van der Waals surface area contributed by atoms with Crippen molar-refractivity contribution in [2.75, 3.05) is 33.4 Å². The molecule has 1 fully saturated rings. The van der Waals surface area contributed by atoms with E-state index in [1.54, 1.807) is 18.4 Å². The summed E-state index contributed by atoms with van der Waals surface area (Å²) in [5.74, 6) is 0. The van der Waals surface area contributed by atoms with E-state index in [2.05, 4.69) is 23.7 Å². The molecule has 0 aromatic carbocycles. The van der Waals surface area contributed by atoms with Crippen LogP contribution in [0.3, 0.4) is 0 Å². The first-order chi connectivity index (χ1) is 10.2. The molecule has 0 bridgehead atoms. The van der Waals surface area contributed by atoms with Crippen LogP contribution in [0.4, 0.5) is 4.79 Å². The zero-order valence-corrected chi connectivity index (χ0v) is 13.6. The first kappa shape index (κ1) is 16.3. The predicted octanol–water partition coefficient (Wildman–Crippen LogP) is 2.39. The van der Waals surface area contributed by atoms with Gasteiger partial charge in [0.15, 0.2) is 0 Å². The molecular weight excluding hydrogens is 288 g/mol. The molecule has 2 amide bonds. The third-order valence-corrected chi connectivity index (χ3v) is 4.76. The van der Waals surface area contributed by atoms with Gasteiger partial charge in [-0.3, -0.25) is 0 Å². The van der Waals surface area contributed by atoms with Gasteiger partial charge in [-0.05, 0) is 36.8 Å². The first-order valence-electron chi connectivity index (χ1n) is 7.37. The van der Waals surface area contributed by atoms with Crippen LogP contribution in [0.25, 0.3) is 0 Å². The van der Waals surface area contributed by atoms with Crippen molar-refractivity contribution < 1.29 is 14.3 Å². The van der Waals surface area contributed by atoms with Gasteiger partial charge in [0.2, 0.25) is 0 Å². The Morgan fingerprint density at radius 2 is 2.19 bits per heavy atom. The first-order valence-corrected chi connectivity index (χ1v) is 8.25. The Morgan fingerprint density at radius 3 is 2.81 bits per heavy atom. The van der Waals surface area contributed by atoms with E-state index in [1.165, 1.54) is 10.4 Å². The quantitative estimate of drug-likeness (QED) is 0.821. The van der Waals surface area contributed by atoms with E-state index >= 15 is 0 Å². The van der Waals surface area contributed by atoms with E-state index in [4.69, 9.17) is 9.47 Å². The summed E-state index contributed by atoms with van der Waals surface area (Å²) in [6.45, 7) is 5.46.